The second kappa shape index (κ2) is 7.55. The summed E-state index contributed by atoms with van der Waals surface area (Å²) < 4.78 is 1.59. The predicted molar refractivity (Wildman–Crippen MR) is 116 cm³/mol. The molecule has 0 unspecified atom stereocenters. The van der Waals surface area contributed by atoms with Gasteiger partial charge in [0, 0.05) is 23.2 Å². The van der Waals surface area contributed by atoms with E-state index in [1.54, 1.807) is 16.8 Å². The van der Waals surface area contributed by atoms with Gasteiger partial charge in [-0.2, -0.15) is 19.6 Å². The lowest BCUT2D eigenvalue weighted by Gasteiger charge is -2.12. The van der Waals surface area contributed by atoms with E-state index in [9.17, 15) is 9.59 Å². The Morgan fingerprint density at radius 3 is 2.84 bits per heavy atom. The molecule has 4 N–H and O–H groups in total. The molecule has 2 aliphatic rings. The number of carbonyl (C=O) groups excluding carboxylic acids is 2. The fraction of sp³-hybridized carbons (Fsp3) is 0.250. The van der Waals surface area contributed by atoms with Crippen molar-refractivity contribution in [2.75, 3.05) is 10.6 Å². The quantitative estimate of drug-likeness (QED) is 0.344. The maximum absolute atomic E-state index is 11.9. The van der Waals surface area contributed by atoms with Gasteiger partial charge in [-0.15, -0.1) is 0 Å². The van der Waals surface area contributed by atoms with E-state index in [0.29, 0.717) is 40.7 Å². The maximum atomic E-state index is 11.9. The van der Waals surface area contributed by atoms with E-state index >= 15 is 0 Å². The van der Waals surface area contributed by atoms with Crippen LogP contribution in [0.25, 0.3) is 11.7 Å². The van der Waals surface area contributed by atoms with Gasteiger partial charge in [0.25, 0.3) is 5.91 Å². The highest BCUT2D eigenvalue weighted by molar-refractivity contribution is 6.31. The number of urea groups is 1. The van der Waals surface area contributed by atoms with E-state index in [2.05, 4.69) is 36.3 Å². The fourth-order valence-electron chi connectivity index (χ4n) is 3.23. The summed E-state index contributed by atoms with van der Waals surface area (Å²) >= 11 is 6.22. The van der Waals surface area contributed by atoms with Crippen LogP contribution in [0.1, 0.15) is 29.5 Å². The number of hydrogen-bond acceptors (Lipinski definition) is 7. The molecule has 1 aliphatic heterocycles. The Hall–Kier alpha value is -3.66. The Morgan fingerprint density at radius 1 is 1.26 bits per heavy atom. The van der Waals surface area contributed by atoms with Crippen LogP contribution in [0.2, 0.25) is 5.02 Å². The van der Waals surface area contributed by atoms with Gasteiger partial charge >= 0.3 is 6.03 Å². The van der Waals surface area contributed by atoms with Crippen molar-refractivity contribution < 1.29 is 9.59 Å². The molecule has 2 fully saturated rings. The minimum Gasteiger partial charge on any atom is -0.351 e. The van der Waals surface area contributed by atoms with Crippen molar-refractivity contribution in [3.8, 4) is 0 Å². The molecule has 10 nitrogen and oxygen atoms in total. The van der Waals surface area contributed by atoms with Crippen molar-refractivity contribution >= 4 is 47.2 Å². The van der Waals surface area contributed by atoms with Crippen LogP contribution < -0.4 is 21.3 Å². The molecule has 0 bridgehead atoms. The third kappa shape index (κ3) is 3.89. The highest BCUT2D eigenvalue weighted by Crippen LogP contribution is 2.26. The molecule has 5 rings (SSSR count). The van der Waals surface area contributed by atoms with Crippen LogP contribution in [0.4, 0.5) is 16.7 Å². The summed E-state index contributed by atoms with van der Waals surface area (Å²) in [5, 5.41) is 16.3. The van der Waals surface area contributed by atoms with Gasteiger partial charge in [0.1, 0.15) is 5.70 Å². The first-order valence-electron chi connectivity index (χ1n) is 9.82. The molecule has 1 saturated carbocycles. The van der Waals surface area contributed by atoms with Gasteiger partial charge in [-0.05, 0) is 43.0 Å². The number of benzene rings is 1. The molecule has 11 heteroatoms. The summed E-state index contributed by atoms with van der Waals surface area (Å²) in [7, 11) is 0. The largest absolute Gasteiger partial charge is 0.351 e. The van der Waals surface area contributed by atoms with Gasteiger partial charge in [-0.1, -0.05) is 23.7 Å². The fourth-order valence-corrected chi connectivity index (χ4v) is 3.43. The van der Waals surface area contributed by atoms with E-state index in [1.807, 2.05) is 25.1 Å². The van der Waals surface area contributed by atoms with Crippen molar-refractivity contribution in [1.29, 1.82) is 0 Å². The van der Waals surface area contributed by atoms with Gasteiger partial charge in [0.2, 0.25) is 11.9 Å². The average molecular weight is 439 g/mol. The lowest BCUT2D eigenvalue weighted by Crippen LogP contribution is -2.22. The number of carbonyl (C=O) groups is 2. The van der Waals surface area contributed by atoms with Gasteiger partial charge in [-0.3, -0.25) is 10.1 Å². The van der Waals surface area contributed by atoms with Gasteiger partial charge in [0.15, 0.2) is 5.65 Å². The molecule has 0 spiro atoms. The molecule has 1 saturated heterocycles. The van der Waals surface area contributed by atoms with Crippen LogP contribution in [0.15, 0.2) is 30.1 Å². The molecular weight excluding hydrogens is 420 g/mol. The molecule has 3 heterocycles. The van der Waals surface area contributed by atoms with E-state index < -0.39 is 11.9 Å². The van der Waals surface area contributed by atoms with Crippen molar-refractivity contribution in [2.45, 2.75) is 32.4 Å². The molecule has 1 aromatic carbocycles. The van der Waals surface area contributed by atoms with Crippen molar-refractivity contribution in [3.05, 3.63) is 51.8 Å². The number of imide groups is 1. The first-order chi connectivity index (χ1) is 15.0. The number of nitrogens with one attached hydrogen (secondary N) is 4. The second-order valence-corrected chi connectivity index (χ2v) is 7.88. The third-order valence-electron chi connectivity index (χ3n) is 5.14. The molecule has 0 atom stereocenters. The van der Waals surface area contributed by atoms with Crippen molar-refractivity contribution in [1.82, 2.24) is 30.2 Å². The Morgan fingerprint density at radius 2 is 2.10 bits per heavy atom. The number of aromatic nitrogens is 4. The van der Waals surface area contributed by atoms with E-state index in [-0.39, 0.29) is 5.70 Å². The highest BCUT2D eigenvalue weighted by atomic mass is 35.5. The zero-order valence-electron chi connectivity index (χ0n) is 16.6. The number of rotatable bonds is 6. The molecular formula is C20H19ClN8O2. The van der Waals surface area contributed by atoms with Crippen molar-refractivity contribution in [2.24, 2.45) is 0 Å². The Kier molecular flexibility index (Phi) is 4.70. The lowest BCUT2D eigenvalue weighted by molar-refractivity contribution is -0.115. The molecule has 0 radical (unpaired) electrons. The summed E-state index contributed by atoms with van der Waals surface area (Å²) in [4.78, 5) is 32.5. The molecule has 3 amide bonds. The topological polar surface area (TPSA) is 125 Å². The van der Waals surface area contributed by atoms with Crippen LogP contribution in [-0.4, -0.2) is 37.6 Å². The Labute approximate surface area is 182 Å². The number of hydrogen-bond donors (Lipinski definition) is 4. The average Bonchev–Trinajstić information content (AvgIpc) is 3.37. The standard InChI is InChI=1S/C20H19ClN8O2/c1-10-11(3-2-4-14(10)21)8-22-18-26-16-12(7-15-17(30)27-20(31)25-15)9-23-29(16)19(28-18)24-13-5-6-13/h2-4,7,9,13H,5-6,8H2,1H3,(H2,22,24,26,28)(H2,25,27,30,31)/b15-7-. The highest BCUT2D eigenvalue weighted by Gasteiger charge is 2.26. The van der Waals surface area contributed by atoms with Gasteiger partial charge in [0.05, 0.1) is 6.20 Å². The molecule has 158 valence electrons. The number of halogens is 1. The van der Waals surface area contributed by atoms with Crippen LogP contribution in [-0.2, 0) is 11.3 Å². The second-order valence-electron chi connectivity index (χ2n) is 7.47. The first-order valence-corrected chi connectivity index (χ1v) is 10.2. The normalized spacial score (nSPS) is 17.2. The Balaban J connectivity index is 1.50. The van der Waals surface area contributed by atoms with Crippen LogP contribution >= 0.6 is 11.6 Å². The van der Waals surface area contributed by atoms with Gasteiger partial charge < -0.3 is 16.0 Å². The summed E-state index contributed by atoms with van der Waals surface area (Å²) in [6, 6.07) is 5.54. The SMILES string of the molecule is Cc1c(Cl)cccc1CNc1nc(NC2CC2)n2ncc(/C=C3\NC(=O)NC3=O)c2n1. The summed E-state index contributed by atoms with van der Waals surface area (Å²) in [6.07, 6.45) is 5.26. The van der Waals surface area contributed by atoms with Crippen molar-refractivity contribution in [3.63, 3.8) is 0 Å². The van der Waals surface area contributed by atoms with E-state index in [4.69, 9.17) is 11.6 Å². The number of fused-ring (bicyclic) bond motifs is 1. The summed E-state index contributed by atoms with van der Waals surface area (Å²) in [5.74, 6) is 0.474. The maximum Gasteiger partial charge on any atom is 0.326 e. The summed E-state index contributed by atoms with van der Waals surface area (Å²) in [6.45, 7) is 2.46. The minimum absolute atomic E-state index is 0.138. The number of anilines is 2. The smallest absolute Gasteiger partial charge is 0.326 e. The predicted octanol–water partition coefficient (Wildman–Crippen LogP) is 2.45. The number of nitrogens with zero attached hydrogens (tertiary/aromatic N) is 4. The lowest BCUT2D eigenvalue weighted by atomic mass is 10.1. The van der Waals surface area contributed by atoms with E-state index in [1.165, 1.54) is 0 Å². The first kappa shape index (κ1) is 19.3. The van der Waals surface area contributed by atoms with Crippen LogP contribution in [0.3, 0.4) is 0 Å². The van der Waals surface area contributed by atoms with Crippen LogP contribution in [0, 0.1) is 6.92 Å². The molecule has 31 heavy (non-hydrogen) atoms. The number of amides is 3. The third-order valence-corrected chi connectivity index (χ3v) is 5.55. The molecule has 3 aromatic rings. The summed E-state index contributed by atoms with van der Waals surface area (Å²) in [5.41, 5.74) is 3.25. The monoisotopic (exact) mass is 438 g/mol. The molecule has 2 aromatic heterocycles. The van der Waals surface area contributed by atoms with E-state index in [0.717, 1.165) is 24.0 Å². The Bertz CT molecular complexity index is 1250. The zero-order chi connectivity index (χ0) is 21.5. The zero-order valence-corrected chi connectivity index (χ0v) is 17.3. The van der Waals surface area contributed by atoms with Crippen LogP contribution in [0.5, 0.6) is 0 Å². The molecule has 1 aliphatic carbocycles. The van der Waals surface area contributed by atoms with Gasteiger partial charge in [-0.25, -0.2) is 4.79 Å². The minimum atomic E-state index is -0.558.